The highest BCUT2D eigenvalue weighted by Gasteiger charge is 2.21. The molecule has 120 valence electrons. The van der Waals surface area contributed by atoms with Gasteiger partial charge in [0.05, 0.1) is 19.0 Å². The van der Waals surface area contributed by atoms with Crippen LogP contribution in [0.15, 0.2) is 17.1 Å². The highest BCUT2D eigenvalue weighted by atomic mass is 16.7. The van der Waals surface area contributed by atoms with Crippen LogP contribution in [0.1, 0.15) is 25.0 Å². The van der Waals surface area contributed by atoms with E-state index >= 15 is 0 Å². The fraction of sp³-hybridized carbons (Fsp3) is 0.588. The molecule has 5 nitrogen and oxygen atoms in total. The van der Waals surface area contributed by atoms with Crippen molar-refractivity contribution in [2.75, 3.05) is 27.1 Å². The van der Waals surface area contributed by atoms with Gasteiger partial charge in [-0.25, -0.2) is 0 Å². The lowest BCUT2D eigenvalue weighted by atomic mass is 9.99. The number of nitrogens with zero attached hydrogens (tertiary/aromatic N) is 2. The van der Waals surface area contributed by atoms with Crippen molar-refractivity contribution in [1.29, 1.82) is 0 Å². The van der Waals surface area contributed by atoms with Crippen LogP contribution >= 0.6 is 0 Å². The number of hydrogen-bond acceptors (Lipinski definition) is 4. The minimum Gasteiger partial charge on any atom is -0.454 e. The van der Waals surface area contributed by atoms with Crippen molar-refractivity contribution in [2.24, 2.45) is 10.9 Å². The molecule has 1 aromatic carbocycles. The third-order valence-corrected chi connectivity index (χ3v) is 4.27. The normalized spacial score (nSPS) is 18.1. The molecule has 1 atom stereocenters. The first kappa shape index (κ1) is 15.2. The SMILES string of the molecule is COC[C@@H](N=CN1CCc2cc3c(cc2C1)OCO3)C(C)C. The minimum absolute atomic E-state index is 0.211. The molecule has 2 aliphatic rings. The van der Waals surface area contributed by atoms with Gasteiger partial charge in [-0.1, -0.05) is 13.8 Å². The molecule has 5 heteroatoms. The molecule has 0 N–H and O–H groups in total. The molecular formula is C17H24N2O3. The molecule has 0 amide bonds. The maximum absolute atomic E-state index is 5.47. The Morgan fingerprint density at radius 2 is 2.00 bits per heavy atom. The topological polar surface area (TPSA) is 43.3 Å². The Hall–Kier alpha value is -1.75. The molecule has 1 aromatic rings. The van der Waals surface area contributed by atoms with E-state index in [-0.39, 0.29) is 6.04 Å². The van der Waals surface area contributed by atoms with E-state index in [1.165, 1.54) is 11.1 Å². The van der Waals surface area contributed by atoms with E-state index in [0.717, 1.165) is 31.0 Å². The molecule has 0 fully saturated rings. The summed E-state index contributed by atoms with van der Waals surface area (Å²) in [7, 11) is 1.73. The number of rotatable bonds is 5. The van der Waals surface area contributed by atoms with Crippen LogP contribution in [-0.4, -0.2) is 44.3 Å². The summed E-state index contributed by atoms with van der Waals surface area (Å²) >= 11 is 0. The average Bonchev–Trinajstić information content (AvgIpc) is 2.95. The Balaban J connectivity index is 1.69. The van der Waals surface area contributed by atoms with E-state index in [0.29, 0.717) is 19.3 Å². The van der Waals surface area contributed by atoms with Gasteiger partial charge < -0.3 is 19.1 Å². The van der Waals surface area contributed by atoms with Crippen LogP contribution in [0, 0.1) is 5.92 Å². The lowest BCUT2D eigenvalue weighted by Gasteiger charge is -2.28. The number of aliphatic imine (C=N–C) groups is 1. The number of benzene rings is 1. The number of methoxy groups -OCH3 is 1. The van der Waals surface area contributed by atoms with Crippen molar-refractivity contribution in [2.45, 2.75) is 32.9 Å². The maximum atomic E-state index is 5.47. The van der Waals surface area contributed by atoms with Gasteiger partial charge in [0.2, 0.25) is 6.79 Å². The van der Waals surface area contributed by atoms with E-state index in [2.05, 4.69) is 30.9 Å². The number of ether oxygens (including phenoxy) is 3. The van der Waals surface area contributed by atoms with Crippen molar-refractivity contribution >= 4 is 6.34 Å². The lowest BCUT2D eigenvalue weighted by molar-refractivity contribution is 0.164. The predicted octanol–water partition coefficient (Wildman–Crippen LogP) is 2.47. The molecule has 22 heavy (non-hydrogen) atoms. The monoisotopic (exact) mass is 304 g/mol. The van der Waals surface area contributed by atoms with Crippen molar-refractivity contribution < 1.29 is 14.2 Å². The maximum Gasteiger partial charge on any atom is 0.231 e. The van der Waals surface area contributed by atoms with Crippen molar-refractivity contribution in [3.8, 4) is 11.5 Å². The van der Waals surface area contributed by atoms with Gasteiger partial charge in [0, 0.05) is 20.2 Å². The molecule has 2 aliphatic heterocycles. The average molecular weight is 304 g/mol. The van der Waals surface area contributed by atoms with Crippen LogP contribution in [0.3, 0.4) is 0 Å². The fourth-order valence-corrected chi connectivity index (χ4v) is 2.82. The Kier molecular flexibility index (Phi) is 4.52. The van der Waals surface area contributed by atoms with E-state index in [1.54, 1.807) is 7.11 Å². The zero-order chi connectivity index (χ0) is 15.5. The summed E-state index contributed by atoms with van der Waals surface area (Å²) in [6.07, 6.45) is 2.99. The molecule has 0 saturated carbocycles. The molecule has 0 aromatic heterocycles. The Morgan fingerprint density at radius 3 is 2.68 bits per heavy atom. The second-order valence-electron chi connectivity index (χ2n) is 6.23. The lowest BCUT2D eigenvalue weighted by Crippen LogP contribution is -2.31. The van der Waals surface area contributed by atoms with Gasteiger partial charge in [-0.2, -0.15) is 0 Å². The first-order valence-corrected chi connectivity index (χ1v) is 7.85. The van der Waals surface area contributed by atoms with Crippen LogP contribution in [0.2, 0.25) is 0 Å². The smallest absolute Gasteiger partial charge is 0.231 e. The first-order valence-electron chi connectivity index (χ1n) is 7.85. The zero-order valence-corrected chi connectivity index (χ0v) is 13.5. The standard InChI is InChI=1S/C17H24N2O3/c1-12(2)15(9-20-3)18-10-19-5-4-13-6-16-17(22-11-21-16)7-14(13)8-19/h6-7,10,12,15H,4-5,8-9,11H2,1-3H3/t15-/m1/s1. The van der Waals surface area contributed by atoms with Crippen LogP contribution in [0.25, 0.3) is 0 Å². The van der Waals surface area contributed by atoms with E-state index in [4.69, 9.17) is 19.2 Å². The first-order chi connectivity index (χ1) is 10.7. The zero-order valence-electron chi connectivity index (χ0n) is 13.5. The summed E-state index contributed by atoms with van der Waals surface area (Å²) in [5.41, 5.74) is 2.65. The van der Waals surface area contributed by atoms with Crippen molar-refractivity contribution in [3.63, 3.8) is 0 Å². The van der Waals surface area contributed by atoms with Gasteiger partial charge in [0.1, 0.15) is 0 Å². The van der Waals surface area contributed by atoms with E-state index in [1.807, 2.05) is 6.34 Å². The summed E-state index contributed by atoms with van der Waals surface area (Å²) < 4.78 is 16.2. The van der Waals surface area contributed by atoms with Crippen LogP contribution in [0.4, 0.5) is 0 Å². The molecule has 0 bridgehead atoms. The fourth-order valence-electron chi connectivity index (χ4n) is 2.82. The van der Waals surface area contributed by atoms with Gasteiger partial charge in [-0.05, 0) is 35.6 Å². The van der Waals surface area contributed by atoms with Crippen LogP contribution in [0.5, 0.6) is 11.5 Å². The second kappa shape index (κ2) is 6.57. The third-order valence-electron chi connectivity index (χ3n) is 4.27. The molecule has 0 unspecified atom stereocenters. The summed E-state index contributed by atoms with van der Waals surface area (Å²) in [6, 6.07) is 4.43. The second-order valence-corrected chi connectivity index (χ2v) is 6.23. The Morgan fingerprint density at radius 1 is 1.27 bits per heavy atom. The third kappa shape index (κ3) is 3.19. The quantitative estimate of drug-likeness (QED) is 0.619. The summed E-state index contributed by atoms with van der Waals surface area (Å²) in [4.78, 5) is 6.96. The predicted molar refractivity (Wildman–Crippen MR) is 85.7 cm³/mol. The van der Waals surface area contributed by atoms with Crippen LogP contribution < -0.4 is 9.47 Å². The molecule has 0 spiro atoms. The number of hydrogen-bond donors (Lipinski definition) is 0. The van der Waals surface area contributed by atoms with Crippen molar-refractivity contribution in [1.82, 2.24) is 4.90 Å². The highest BCUT2D eigenvalue weighted by Crippen LogP contribution is 2.36. The van der Waals surface area contributed by atoms with E-state index < -0.39 is 0 Å². The Bertz CT molecular complexity index is 557. The van der Waals surface area contributed by atoms with Gasteiger partial charge in [-0.15, -0.1) is 0 Å². The molecule has 3 rings (SSSR count). The molecule has 0 saturated heterocycles. The van der Waals surface area contributed by atoms with Gasteiger partial charge in [0.15, 0.2) is 11.5 Å². The van der Waals surface area contributed by atoms with Gasteiger partial charge in [-0.3, -0.25) is 4.99 Å². The molecule has 2 heterocycles. The summed E-state index contributed by atoms with van der Waals surface area (Å²) in [5.74, 6) is 2.21. The molecule has 0 radical (unpaired) electrons. The van der Waals surface area contributed by atoms with Crippen LogP contribution in [-0.2, 0) is 17.7 Å². The summed E-state index contributed by atoms with van der Waals surface area (Å²) in [5, 5.41) is 0. The number of fused-ring (bicyclic) bond motifs is 2. The molecule has 0 aliphatic carbocycles. The van der Waals surface area contributed by atoms with Crippen molar-refractivity contribution in [3.05, 3.63) is 23.3 Å². The highest BCUT2D eigenvalue weighted by molar-refractivity contribution is 5.58. The minimum atomic E-state index is 0.211. The van der Waals surface area contributed by atoms with Gasteiger partial charge >= 0.3 is 0 Å². The Labute approximate surface area is 131 Å². The van der Waals surface area contributed by atoms with E-state index in [9.17, 15) is 0 Å². The van der Waals surface area contributed by atoms with Gasteiger partial charge in [0.25, 0.3) is 0 Å². The summed E-state index contributed by atoms with van der Waals surface area (Å²) in [6.45, 7) is 7.19. The molecular weight excluding hydrogens is 280 g/mol. The largest absolute Gasteiger partial charge is 0.454 e.